The highest BCUT2D eigenvalue weighted by atomic mass is 35.5. The second kappa shape index (κ2) is 13.8. The van der Waals surface area contributed by atoms with Crippen LogP contribution in [0.3, 0.4) is 0 Å². The zero-order valence-corrected chi connectivity index (χ0v) is 24.7. The SMILES string of the molecule is COc1ccc(Cl)cc1N(CC(=O)N/N=C/c1ccc(OCc2ccc([N+](=O)[O-])cc2)cc1)S(=O)(=O)c1ccc(C)cc1. The van der Waals surface area contributed by atoms with Crippen LogP contribution in [-0.2, 0) is 21.4 Å². The van der Waals surface area contributed by atoms with E-state index < -0.39 is 27.4 Å². The molecule has 0 aliphatic rings. The summed E-state index contributed by atoms with van der Waals surface area (Å²) in [5, 5.41) is 15.0. The number of non-ortho nitro benzene ring substituents is 1. The van der Waals surface area contributed by atoms with Crippen molar-refractivity contribution in [2.75, 3.05) is 18.0 Å². The van der Waals surface area contributed by atoms with Gasteiger partial charge in [-0.3, -0.25) is 19.2 Å². The summed E-state index contributed by atoms with van der Waals surface area (Å²) in [7, 11) is -2.80. The molecule has 222 valence electrons. The van der Waals surface area contributed by atoms with Gasteiger partial charge in [-0.2, -0.15) is 5.10 Å². The fourth-order valence-corrected chi connectivity index (χ4v) is 5.46. The van der Waals surface area contributed by atoms with Crippen molar-refractivity contribution in [1.82, 2.24) is 5.43 Å². The summed E-state index contributed by atoms with van der Waals surface area (Å²) in [6, 6.07) is 23.6. The molecule has 0 aliphatic heterocycles. The van der Waals surface area contributed by atoms with Gasteiger partial charge in [0.25, 0.3) is 21.6 Å². The number of methoxy groups -OCH3 is 1. The fourth-order valence-electron chi connectivity index (χ4n) is 3.87. The second-order valence-electron chi connectivity index (χ2n) is 9.22. The molecule has 0 unspecified atom stereocenters. The van der Waals surface area contributed by atoms with Crippen LogP contribution in [0.15, 0.2) is 101 Å². The van der Waals surface area contributed by atoms with Crippen LogP contribution < -0.4 is 19.2 Å². The summed E-state index contributed by atoms with van der Waals surface area (Å²) in [5.41, 5.74) is 4.75. The molecule has 0 atom stereocenters. The first-order valence-corrected chi connectivity index (χ1v) is 14.6. The largest absolute Gasteiger partial charge is 0.495 e. The van der Waals surface area contributed by atoms with Crippen molar-refractivity contribution < 1.29 is 27.6 Å². The fraction of sp³-hybridized carbons (Fsp3) is 0.133. The van der Waals surface area contributed by atoms with E-state index in [1.807, 2.05) is 6.92 Å². The van der Waals surface area contributed by atoms with Gasteiger partial charge in [-0.25, -0.2) is 13.8 Å². The van der Waals surface area contributed by atoms with E-state index in [4.69, 9.17) is 21.1 Å². The maximum absolute atomic E-state index is 13.6. The molecule has 1 N–H and O–H groups in total. The molecule has 1 amide bonds. The Bertz CT molecular complexity index is 1730. The van der Waals surface area contributed by atoms with Gasteiger partial charge in [0.1, 0.15) is 24.7 Å². The lowest BCUT2D eigenvalue weighted by atomic mass is 10.2. The van der Waals surface area contributed by atoms with Gasteiger partial charge in [-0.15, -0.1) is 0 Å². The van der Waals surface area contributed by atoms with Crippen LogP contribution in [0.5, 0.6) is 11.5 Å². The number of benzene rings is 4. The molecule has 0 saturated heterocycles. The molecule has 11 nitrogen and oxygen atoms in total. The van der Waals surface area contributed by atoms with Crippen LogP contribution in [0, 0.1) is 17.0 Å². The molecule has 4 aromatic rings. The lowest BCUT2D eigenvalue weighted by Crippen LogP contribution is -2.39. The van der Waals surface area contributed by atoms with Gasteiger partial charge in [0.15, 0.2) is 0 Å². The number of carbonyl (C=O) groups is 1. The first-order valence-electron chi connectivity index (χ1n) is 12.8. The van der Waals surface area contributed by atoms with Crippen molar-refractivity contribution in [3.8, 4) is 11.5 Å². The molecule has 0 aliphatic carbocycles. The summed E-state index contributed by atoms with van der Waals surface area (Å²) in [6.45, 7) is 1.46. The van der Waals surface area contributed by atoms with Gasteiger partial charge in [-0.1, -0.05) is 29.3 Å². The number of hydrogen-bond acceptors (Lipinski definition) is 8. The van der Waals surface area contributed by atoms with E-state index >= 15 is 0 Å². The van der Waals surface area contributed by atoms with E-state index in [1.54, 1.807) is 54.6 Å². The van der Waals surface area contributed by atoms with Crippen LogP contribution in [0.2, 0.25) is 5.02 Å². The molecule has 0 saturated carbocycles. The molecule has 0 heterocycles. The lowest BCUT2D eigenvalue weighted by molar-refractivity contribution is -0.384. The number of ether oxygens (including phenoxy) is 2. The van der Waals surface area contributed by atoms with Gasteiger partial charge >= 0.3 is 0 Å². The van der Waals surface area contributed by atoms with Crippen molar-refractivity contribution in [2.24, 2.45) is 5.10 Å². The number of anilines is 1. The number of aryl methyl sites for hydroxylation is 1. The quantitative estimate of drug-likeness (QED) is 0.125. The van der Waals surface area contributed by atoms with Gasteiger partial charge < -0.3 is 9.47 Å². The third-order valence-electron chi connectivity index (χ3n) is 6.14. The first-order chi connectivity index (χ1) is 20.6. The number of hydrazone groups is 1. The van der Waals surface area contributed by atoms with Crippen LogP contribution in [0.1, 0.15) is 16.7 Å². The number of carbonyl (C=O) groups excluding carboxylic acids is 1. The highest BCUT2D eigenvalue weighted by Crippen LogP contribution is 2.34. The Hall–Kier alpha value is -4.94. The van der Waals surface area contributed by atoms with Crippen molar-refractivity contribution in [3.63, 3.8) is 0 Å². The molecule has 43 heavy (non-hydrogen) atoms. The average molecular weight is 623 g/mol. The maximum Gasteiger partial charge on any atom is 0.269 e. The van der Waals surface area contributed by atoms with E-state index in [0.29, 0.717) is 11.3 Å². The molecule has 13 heteroatoms. The Kier molecular flexibility index (Phi) is 9.96. The lowest BCUT2D eigenvalue weighted by Gasteiger charge is -2.25. The number of nitrogens with one attached hydrogen (secondary N) is 1. The molecular formula is C30H27ClN4O7S. The number of amides is 1. The van der Waals surface area contributed by atoms with Crippen molar-refractivity contribution >= 4 is 45.1 Å². The molecule has 0 radical (unpaired) electrons. The van der Waals surface area contributed by atoms with Crippen molar-refractivity contribution in [2.45, 2.75) is 18.4 Å². The van der Waals surface area contributed by atoms with Crippen molar-refractivity contribution in [3.05, 3.63) is 123 Å². The zero-order valence-electron chi connectivity index (χ0n) is 23.1. The van der Waals surface area contributed by atoms with Crippen LogP contribution in [0.25, 0.3) is 0 Å². The third kappa shape index (κ3) is 8.09. The van der Waals surface area contributed by atoms with Crippen LogP contribution in [-0.4, -0.2) is 39.1 Å². The minimum atomic E-state index is -4.19. The predicted octanol–water partition coefficient (Wildman–Crippen LogP) is 5.49. The third-order valence-corrected chi connectivity index (χ3v) is 8.15. The predicted molar refractivity (Wildman–Crippen MR) is 163 cm³/mol. The smallest absolute Gasteiger partial charge is 0.269 e. The number of sulfonamides is 1. The number of nitrogens with zero attached hydrogens (tertiary/aromatic N) is 3. The van der Waals surface area contributed by atoms with E-state index in [0.717, 1.165) is 15.4 Å². The van der Waals surface area contributed by atoms with Gasteiger partial charge in [-0.05, 0) is 84.8 Å². The highest BCUT2D eigenvalue weighted by molar-refractivity contribution is 7.92. The standard InChI is InChI=1S/C30H27ClN4O7S/c1-21-3-14-27(15-4-21)43(39,40)34(28-17-24(31)9-16-29(28)41-2)19-30(36)33-32-18-22-7-12-26(13-8-22)42-20-23-5-10-25(11-6-23)35(37)38/h3-18H,19-20H2,1-2H3,(H,33,36)/b32-18+. The number of nitro groups is 1. The van der Waals surface area contributed by atoms with Gasteiger partial charge in [0, 0.05) is 17.2 Å². The van der Waals surface area contributed by atoms with E-state index in [9.17, 15) is 23.3 Å². The molecule has 4 rings (SSSR count). The van der Waals surface area contributed by atoms with Gasteiger partial charge in [0.2, 0.25) is 0 Å². The summed E-state index contributed by atoms with van der Waals surface area (Å²) in [4.78, 5) is 23.2. The molecular weight excluding hydrogens is 596 g/mol. The van der Waals surface area contributed by atoms with Crippen LogP contribution in [0.4, 0.5) is 11.4 Å². The molecule has 0 fully saturated rings. The Morgan fingerprint density at radius 3 is 2.33 bits per heavy atom. The molecule has 0 aromatic heterocycles. The minimum absolute atomic E-state index is 0.00395. The number of nitro benzene ring substituents is 1. The van der Waals surface area contributed by atoms with Gasteiger partial charge in [0.05, 0.1) is 28.8 Å². The summed E-state index contributed by atoms with van der Waals surface area (Å²) < 4.78 is 39.3. The monoisotopic (exact) mass is 622 g/mol. The van der Waals surface area contributed by atoms with Crippen molar-refractivity contribution in [1.29, 1.82) is 0 Å². The Balaban J connectivity index is 1.43. The highest BCUT2D eigenvalue weighted by Gasteiger charge is 2.29. The van der Waals surface area contributed by atoms with E-state index in [2.05, 4.69) is 10.5 Å². The Labute approximate surface area is 253 Å². The van der Waals surface area contributed by atoms with E-state index in [-0.39, 0.29) is 33.6 Å². The number of rotatable bonds is 12. The normalized spacial score (nSPS) is 11.2. The maximum atomic E-state index is 13.6. The Morgan fingerprint density at radius 1 is 1.02 bits per heavy atom. The zero-order chi connectivity index (χ0) is 31.0. The summed E-state index contributed by atoms with van der Waals surface area (Å²) >= 11 is 6.17. The molecule has 0 spiro atoms. The summed E-state index contributed by atoms with van der Waals surface area (Å²) in [5.74, 6) is 0.0799. The average Bonchev–Trinajstić information content (AvgIpc) is 3.00. The Morgan fingerprint density at radius 2 is 1.70 bits per heavy atom. The number of halogens is 1. The number of hydrogen-bond donors (Lipinski definition) is 1. The summed E-state index contributed by atoms with van der Waals surface area (Å²) in [6.07, 6.45) is 1.40. The van der Waals surface area contributed by atoms with E-state index in [1.165, 1.54) is 49.7 Å². The molecule has 0 bridgehead atoms. The molecule has 4 aromatic carbocycles. The topological polar surface area (TPSA) is 140 Å². The minimum Gasteiger partial charge on any atom is -0.495 e. The first kappa shape index (κ1) is 31.0. The van der Waals surface area contributed by atoms with Crippen LogP contribution >= 0.6 is 11.6 Å². The second-order valence-corrected chi connectivity index (χ2v) is 11.5.